The minimum atomic E-state index is -0.600. The molecule has 0 spiro atoms. The Bertz CT molecular complexity index is 401. The van der Waals surface area contributed by atoms with Crippen LogP contribution in [0, 0.1) is 0 Å². The summed E-state index contributed by atoms with van der Waals surface area (Å²) in [4.78, 5) is 4.52. The quantitative estimate of drug-likeness (QED) is 0.897. The van der Waals surface area contributed by atoms with Crippen LogP contribution in [-0.2, 0) is 16.2 Å². The lowest BCUT2D eigenvalue weighted by Gasteiger charge is -2.21. The van der Waals surface area contributed by atoms with E-state index < -0.39 is 10.8 Å². The number of nitrogens with zero attached hydrogens (tertiary/aromatic N) is 2. The van der Waals surface area contributed by atoms with Crippen LogP contribution in [-0.4, -0.2) is 31.1 Å². The van der Waals surface area contributed by atoms with Crippen molar-refractivity contribution in [1.82, 2.24) is 9.36 Å². The van der Waals surface area contributed by atoms with Crippen LogP contribution in [0.2, 0.25) is 0 Å². The first-order valence-corrected chi connectivity index (χ1v) is 8.17. The van der Waals surface area contributed by atoms with Crippen LogP contribution in [0.5, 0.6) is 0 Å². The second kappa shape index (κ2) is 5.02. The zero-order chi connectivity index (χ0) is 12.5. The van der Waals surface area contributed by atoms with Gasteiger partial charge in [-0.3, -0.25) is 4.21 Å². The molecule has 1 aromatic heterocycles. The molecule has 17 heavy (non-hydrogen) atoms. The van der Waals surface area contributed by atoms with E-state index in [0.717, 1.165) is 35.3 Å². The Labute approximate surface area is 109 Å². The van der Waals surface area contributed by atoms with Crippen molar-refractivity contribution in [3.05, 3.63) is 5.82 Å². The summed E-state index contributed by atoms with van der Waals surface area (Å²) in [5, 5.41) is 4.30. The third-order valence-electron chi connectivity index (χ3n) is 2.81. The molecule has 0 saturated carbocycles. The van der Waals surface area contributed by atoms with E-state index in [2.05, 4.69) is 35.4 Å². The Kier molecular flexibility index (Phi) is 3.82. The van der Waals surface area contributed by atoms with Crippen molar-refractivity contribution < 1.29 is 4.21 Å². The van der Waals surface area contributed by atoms with Crippen molar-refractivity contribution in [1.29, 1.82) is 0 Å². The number of anilines is 1. The molecule has 6 heteroatoms. The Morgan fingerprint density at radius 2 is 2.00 bits per heavy atom. The van der Waals surface area contributed by atoms with E-state index >= 15 is 0 Å². The van der Waals surface area contributed by atoms with Crippen molar-refractivity contribution >= 4 is 27.5 Å². The molecule has 0 radical (unpaired) electrons. The standard InChI is InChI=1S/C11H19N3OS2/c1-11(2,3)9-13-10(16-14-9)12-8-4-6-17(15)7-5-8/h8H,4-7H2,1-3H3,(H,12,13,14). The lowest BCUT2D eigenvalue weighted by atomic mass is 9.96. The Balaban J connectivity index is 1.95. The molecule has 0 aromatic carbocycles. The maximum Gasteiger partial charge on any atom is 0.202 e. The van der Waals surface area contributed by atoms with Crippen LogP contribution < -0.4 is 5.32 Å². The number of aromatic nitrogens is 2. The Hall–Kier alpha value is -0.490. The molecule has 4 nitrogen and oxygen atoms in total. The third kappa shape index (κ3) is 3.48. The van der Waals surface area contributed by atoms with Crippen LogP contribution in [0.1, 0.15) is 39.4 Å². The maximum absolute atomic E-state index is 11.3. The van der Waals surface area contributed by atoms with Crippen molar-refractivity contribution in [3.63, 3.8) is 0 Å². The van der Waals surface area contributed by atoms with Gasteiger partial charge < -0.3 is 5.32 Å². The molecule has 0 aliphatic carbocycles. The van der Waals surface area contributed by atoms with Gasteiger partial charge in [0.1, 0.15) is 5.82 Å². The minimum Gasteiger partial charge on any atom is -0.357 e. The largest absolute Gasteiger partial charge is 0.357 e. The first kappa shape index (κ1) is 13.0. The summed E-state index contributed by atoms with van der Waals surface area (Å²) in [6, 6.07) is 0.411. The summed E-state index contributed by atoms with van der Waals surface area (Å²) in [5.74, 6) is 2.51. The minimum absolute atomic E-state index is 0.00446. The highest BCUT2D eigenvalue weighted by Crippen LogP contribution is 2.24. The molecule has 1 N–H and O–H groups in total. The van der Waals surface area contributed by atoms with Gasteiger partial charge in [-0.15, -0.1) is 0 Å². The molecule has 0 unspecified atom stereocenters. The van der Waals surface area contributed by atoms with E-state index in [-0.39, 0.29) is 5.41 Å². The third-order valence-corrected chi connectivity index (χ3v) is 4.84. The summed E-state index contributed by atoms with van der Waals surface area (Å²) in [5.41, 5.74) is 0.00446. The van der Waals surface area contributed by atoms with Gasteiger partial charge in [-0.1, -0.05) is 20.8 Å². The fourth-order valence-electron chi connectivity index (χ4n) is 1.70. The van der Waals surface area contributed by atoms with Crippen molar-refractivity contribution in [2.24, 2.45) is 0 Å². The van der Waals surface area contributed by atoms with Gasteiger partial charge in [-0.2, -0.15) is 4.37 Å². The summed E-state index contributed by atoms with van der Waals surface area (Å²) in [7, 11) is -0.600. The summed E-state index contributed by atoms with van der Waals surface area (Å²) in [6.07, 6.45) is 1.94. The normalized spacial score (nSPS) is 25.8. The first-order valence-electron chi connectivity index (χ1n) is 5.91. The van der Waals surface area contributed by atoms with Gasteiger partial charge in [0.15, 0.2) is 0 Å². The molecule has 1 aromatic rings. The highest BCUT2D eigenvalue weighted by Gasteiger charge is 2.22. The molecule has 1 aliphatic rings. The summed E-state index contributed by atoms with van der Waals surface area (Å²) in [6.45, 7) is 6.34. The lowest BCUT2D eigenvalue weighted by molar-refractivity contribution is 0.554. The zero-order valence-corrected chi connectivity index (χ0v) is 12.2. The summed E-state index contributed by atoms with van der Waals surface area (Å²) < 4.78 is 15.6. The molecule has 0 bridgehead atoms. The van der Waals surface area contributed by atoms with Crippen molar-refractivity contribution in [2.75, 3.05) is 16.8 Å². The van der Waals surface area contributed by atoms with E-state index in [9.17, 15) is 4.21 Å². The average molecular weight is 273 g/mol. The summed E-state index contributed by atoms with van der Waals surface area (Å²) >= 11 is 1.42. The predicted molar refractivity (Wildman–Crippen MR) is 73.1 cm³/mol. The van der Waals surface area contributed by atoms with Gasteiger partial charge in [-0.05, 0) is 12.8 Å². The van der Waals surface area contributed by atoms with E-state index in [4.69, 9.17) is 0 Å². The molecular weight excluding hydrogens is 254 g/mol. The molecular formula is C11H19N3OS2. The number of hydrogen-bond donors (Lipinski definition) is 1. The van der Waals surface area contributed by atoms with Gasteiger partial charge in [0.25, 0.3) is 0 Å². The van der Waals surface area contributed by atoms with Crippen molar-refractivity contribution in [2.45, 2.75) is 45.1 Å². The van der Waals surface area contributed by atoms with Gasteiger partial charge in [0.05, 0.1) is 0 Å². The number of hydrogen-bond acceptors (Lipinski definition) is 5. The Morgan fingerprint density at radius 1 is 1.35 bits per heavy atom. The van der Waals surface area contributed by atoms with Crippen molar-refractivity contribution in [3.8, 4) is 0 Å². The molecule has 2 heterocycles. The van der Waals surface area contributed by atoms with E-state index in [0.29, 0.717) is 6.04 Å². The van der Waals surface area contributed by atoms with Crippen LogP contribution in [0.25, 0.3) is 0 Å². The topological polar surface area (TPSA) is 54.9 Å². The van der Waals surface area contributed by atoms with Gasteiger partial charge in [-0.25, -0.2) is 4.98 Å². The van der Waals surface area contributed by atoms with Gasteiger partial charge in [0.2, 0.25) is 5.13 Å². The number of nitrogens with one attached hydrogen (secondary N) is 1. The molecule has 2 rings (SSSR count). The van der Waals surface area contributed by atoms with Crippen LogP contribution >= 0.6 is 11.5 Å². The highest BCUT2D eigenvalue weighted by molar-refractivity contribution is 7.85. The Morgan fingerprint density at radius 3 is 2.53 bits per heavy atom. The second-order valence-corrected chi connectivity index (χ2v) is 7.89. The van der Waals surface area contributed by atoms with Gasteiger partial charge in [0, 0.05) is 45.3 Å². The zero-order valence-electron chi connectivity index (χ0n) is 10.5. The van der Waals surface area contributed by atoms with Gasteiger partial charge >= 0.3 is 0 Å². The van der Waals surface area contributed by atoms with Crippen LogP contribution in [0.15, 0.2) is 0 Å². The molecule has 1 saturated heterocycles. The monoisotopic (exact) mass is 273 g/mol. The first-order chi connectivity index (χ1) is 7.95. The van der Waals surface area contributed by atoms with E-state index in [1.54, 1.807) is 0 Å². The maximum atomic E-state index is 11.3. The fourth-order valence-corrected chi connectivity index (χ4v) is 3.83. The van der Waals surface area contributed by atoms with Crippen LogP contribution in [0.4, 0.5) is 5.13 Å². The molecule has 1 fully saturated rings. The van der Waals surface area contributed by atoms with E-state index in [1.807, 2.05) is 0 Å². The SMILES string of the molecule is CC(C)(C)c1nsc(NC2CCS(=O)CC2)n1. The molecule has 0 amide bonds. The molecule has 0 atom stereocenters. The smallest absolute Gasteiger partial charge is 0.202 e. The molecule has 1 aliphatic heterocycles. The highest BCUT2D eigenvalue weighted by atomic mass is 32.2. The predicted octanol–water partition coefficient (Wildman–Crippen LogP) is 2.16. The lowest BCUT2D eigenvalue weighted by Crippen LogP contribution is -2.29. The molecule has 96 valence electrons. The second-order valence-electron chi connectivity index (χ2n) is 5.44. The van der Waals surface area contributed by atoms with Crippen LogP contribution in [0.3, 0.4) is 0 Å². The fraction of sp³-hybridized carbons (Fsp3) is 0.818. The average Bonchev–Trinajstić information content (AvgIpc) is 2.69. The number of rotatable bonds is 2. The van der Waals surface area contributed by atoms with E-state index in [1.165, 1.54) is 11.5 Å².